The number of aromatic nitrogens is 1. The molecule has 1 aromatic heterocycles. The number of carbonyl (C=O) groups excluding carboxylic acids is 1. The van der Waals surface area contributed by atoms with Gasteiger partial charge in [-0.1, -0.05) is 30.3 Å². The fraction of sp³-hybridized carbons (Fsp3) is 0.143. The fourth-order valence-corrected chi connectivity index (χ4v) is 1.59. The van der Waals surface area contributed by atoms with Gasteiger partial charge in [0.15, 0.2) is 5.78 Å². The van der Waals surface area contributed by atoms with Gasteiger partial charge in [0.2, 0.25) is 0 Å². The largest absolute Gasteiger partial charge is 0.417 e. The van der Waals surface area contributed by atoms with Crippen LogP contribution >= 0.6 is 0 Å². The Labute approximate surface area is 107 Å². The molecular formula is C14H10F3NO. The molecule has 0 saturated carbocycles. The number of halogens is 3. The lowest BCUT2D eigenvalue weighted by molar-refractivity contribution is -0.137. The maximum absolute atomic E-state index is 12.3. The van der Waals surface area contributed by atoms with Crippen molar-refractivity contribution in [2.24, 2.45) is 0 Å². The molecule has 0 atom stereocenters. The monoisotopic (exact) mass is 265 g/mol. The van der Waals surface area contributed by atoms with Gasteiger partial charge in [-0.25, -0.2) is 0 Å². The van der Waals surface area contributed by atoms with Crippen LogP contribution in [0.1, 0.15) is 21.6 Å². The Hall–Kier alpha value is -2.17. The molecule has 2 rings (SSSR count). The van der Waals surface area contributed by atoms with E-state index in [9.17, 15) is 18.0 Å². The normalized spacial score (nSPS) is 11.3. The first kappa shape index (κ1) is 13.3. The van der Waals surface area contributed by atoms with E-state index in [1.807, 2.05) is 0 Å². The molecule has 0 fully saturated rings. The van der Waals surface area contributed by atoms with Crippen LogP contribution in [0.3, 0.4) is 0 Å². The Morgan fingerprint density at radius 3 is 2.26 bits per heavy atom. The third kappa shape index (κ3) is 3.40. The second-order valence-corrected chi connectivity index (χ2v) is 4.00. The second-order valence-electron chi connectivity index (χ2n) is 4.00. The van der Waals surface area contributed by atoms with E-state index < -0.39 is 11.7 Å². The molecule has 2 aromatic rings. The zero-order valence-electron chi connectivity index (χ0n) is 9.82. The van der Waals surface area contributed by atoms with E-state index in [-0.39, 0.29) is 12.2 Å². The molecule has 98 valence electrons. The molecule has 19 heavy (non-hydrogen) atoms. The van der Waals surface area contributed by atoms with Crippen molar-refractivity contribution in [1.82, 2.24) is 4.98 Å². The summed E-state index contributed by atoms with van der Waals surface area (Å²) < 4.78 is 37.0. The van der Waals surface area contributed by atoms with E-state index in [2.05, 4.69) is 4.98 Å². The number of benzene rings is 1. The topological polar surface area (TPSA) is 30.0 Å². The summed E-state index contributed by atoms with van der Waals surface area (Å²) in [4.78, 5) is 15.5. The number of carbonyl (C=O) groups is 1. The highest BCUT2D eigenvalue weighted by Crippen LogP contribution is 2.28. The highest BCUT2D eigenvalue weighted by Gasteiger charge is 2.30. The molecule has 0 amide bonds. The Morgan fingerprint density at radius 2 is 1.74 bits per heavy atom. The lowest BCUT2D eigenvalue weighted by atomic mass is 10.1. The zero-order valence-corrected chi connectivity index (χ0v) is 9.82. The molecule has 2 nitrogen and oxygen atoms in total. The van der Waals surface area contributed by atoms with Gasteiger partial charge in [0.25, 0.3) is 0 Å². The molecule has 0 unspecified atom stereocenters. The van der Waals surface area contributed by atoms with Crippen molar-refractivity contribution < 1.29 is 18.0 Å². The van der Waals surface area contributed by atoms with Gasteiger partial charge in [-0.2, -0.15) is 13.2 Å². The number of ketones is 1. The van der Waals surface area contributed by atoms with Gasteiger partial charge in [0.1, 0.15) is 0 Å². The smallest absolute Gasteiger partial charge is 0.294 e. The zero-order chi connectivity index (χ0) is 13.9. The van der Waals surface area contributed by atoms with Crippen molar-refractivity contribution in [1.29, 1.82) is 0 Å². The van der Waals surface area contributed by atoms with Crippen LogP contribution in [0.2, 0.25) is 0 Å². The van der Waals surface area contributed by atoms with Crippen molar-refractivity contribution in [2.45, 2.75) is 12.6 Å². The fourth-order valence-electron chi connectivity index (χ4n) is 1.59. The van der Waals surface area contributed by atoms with Crippen LogP contribution < -0.4 is 0 Å². The van der Waals surface area contributed by atoms with Crippen LogP contribution in [-0.2, 0) is 12.6 Å². The maximum atomic E-state index is 12.3. The Bertz CT molecular complexity index is 561. The first-order valence-electron chi connectivity index (χ1n) is 5.57. The molecule has 0 aliphatic rings. The van der Waals surface area contributed by atoms with Gasteiger partial charge >= 0.3 is 6.18 Å². The highest BCUT2D eigenvalue weighted by molar-refractivity contribution is 5.97. The summed E-state index contributed by atoms with van der Waals surface area (Å²) in [5.74, 6) is -0.173. The van der Waals surface area contributed by atoms with E-state index >= 15 is 0 Å². The molecule has 0 radical (unpaired) electrons. The summed E-state index contributed by atoms with van der Waals surface area (Å²) in [5.41, 5.74) is 0.0226. The lowest BCUT2D eigenvalue weighted by Crippen LogP contribution is -2.08. The van der Waals surface area contributed by atoms with E-state index in [0.717, 1.165) is 12.3 Å². The number of pyridine rings is 1. The molecule has 0 spiro atoms. The minimum absolute atomic E-state index is 0.0118. The number of hydrogen-bond acceptors (Lipinski definition) is 2. The number of Topliss-reactive ketones (excluding diaryl/α,β-unsaturated/α-hetero) is 1. The van der Waals surface area contributed by atoms with Gasteiger partial charge in [-0.15, -0.1) is 0 Å². The average Bonchev–Trinajstić information content (AvgIpc) is 2.39. The molecule has 0 bridgehead atoms. The second kappa shape index (κ2) is 5.22. The molecule has 0 saturated heterocycles. The third-order valence-electron chi connectivity index (χ3n) is 2.59. The SMILES string of the molecule is O=C(Cc1ccc(C(F)(F)F)cn1)c1ccccc1. The van der Waals surface area contributed by atoms with Crippen LogP contribution in [0.15, 0.2) is 48.7 Å². The van der Waals surface area contributed by atoms with Gasteiger partial charge in [0.05, 0.1) is 12.0 Å². The van der Waals surface area contributed by atoms with E-state index in [1.165, 1.54) is 6.07 Å². The van der Waals surface area contributed by atoms with Gasteiger partial charge in [-0.3, -0.25) is 9.78 Å². The molecule has 1 aromatic carbocycles. The van der Waals surface area contributed by atoms with Crippen molar-refractivity contribution in [2.75, 3.05) is 0 Å². The summed E-state index contributed by atoms with van der Waals surface area (Å²) in [6, 6.07) is 10.7. The number of alkyl halides is 3. The van der Waals surface area contributed by atoms with Gasteiger partial charge in [0, 0.05) is 17.5 Å². The predicted octanol–water partition coefficient (Wildman–Crippen LogP) is 3.53. The van der Waals surface area contributed by atoms with E-state index in [0.29, 0.717) is 11.3 Å². The van der Waals surface area contributed by atoms with E-state index in [1.54, 1.807) is 30.3 Å². The standard InChI is InChI=1S/C14H10F3NO/c15-14(16,17)11-6-7-12(18-9-11)8-13(19)10-4-2-1-3-5-10/h1-7,9H,8H2. The molecular weight excluding hydrogens is 255 g/mol. The average molecular weight is 265 g/mol. The number of nitrogens with zero attached hydrogens (tertiary/aromatic N) is 1. The first-order chi connectivity index (χ1) is 8.97. The van der Waals surface area contributed by atoms with Crippen LogP contribution in [0, 0.1) is 0 Å². The lowest BCUT2D eigenvalue weighted by Gasteiger charge is -2.06. The Kier molecular flexibility index (Phi) is 3.64. The highest BCUT2D eigenvalue weighted by atomic mass is 19.4. The Morgan fingerprint density at radius 1 is 1.05 bits per heavy atom. The van der Waals surface area contributed by atoms with Crippen LogP contribution in [0.4, 0.5) is 13.2 Å². The third-order valence-corrected chi connectivity index (χ3v) is 2.59. The first-order valence-corrected chi connectivity index (χ1v) is 5.57. The van der Waals surface area contributed by atoms with Crippen LogP contribution in [-0.4, -0.2) is 10.8 Å². The summed E-state index contributed by atoms with van der Waals surface area (Å²) in [6.45, 7) is 0. The molecule has 0 aliphatic carbocycles. The summed E-state index contributed by atoms with van der Waals surface area (Å²) in [7, 11) is 0. The molecule has 0 aliphatic heterocycles. The minimum Gasteiger partial charge on any atom is -0.294 e. The van der Waals surface area contributed by atoms with E-state index in [4.69, 9.17) is 0 Å². The maximum Gasteiger partial charge on any atom is 0.417 e. The van der Waals surface area contributed by atoms with Crippen molar-refractivity contribution >= 4 is 5.78 Å². The number of rotatable bonds is 3. The summed E-state index contributed by atoms with van der Waals surface area (Å²) in [6.07, 6.45) is -3.68. The number of hydrogen-bond donors (Lipinski definition) is 0. The summed E-state index contributed by atoms with van der Waals surface area (Å²) in [5, 5.41) is 0. The predicted molar refractivity (Wildman–Crippen MR) is 63.7 cm³/mol. The molecule has 0 N–H and O–H groups in total. The van der Waals surface area contributed by atoms with Gasteiger partial charge in [-0.05, 0) is 12.1 Å². The Balaban J connectivity index is 2.10. The van der Waals surface area contributed by atoms with Crippen LogP contribution in [0.5, 0.6) is 0 Å². The van der Waals surface area contributed by atoms with Crippen molar-refractivity contribution in [3.05, 3.63) is 65.5 Å². The minimum atomic E-state index is -4.41. The molecule has 5 heteroatoms. The quantitative estimate of drug-likeness (QED) is 0.795. The van der Waals surface area contributed by atoms with Crippen molar-refractivity contribution in [3.8, 4) is 0 Å². The van der Waals surface area contributed by atoms with Crippen LogP contribution in [0.25, 0.3) is 0 Å². The molecule has 1 heterocycles. The van der Waals surface area contributed by atoms with Gasteiger partial charge < -0.3 is 0 Å². The summed E-state index contributed by atoms with van der Waals surface area (Å²) >= 11 is 0. The van der Waals surface area contributed by atoms with Crippen molar-refractivity contribution in [3.63, 3.8) is 0 Å².